The van der Waals surface area contributed by atoms with E-state index in [9.17, 15) is 0 Å². The summed E-state index contributed by atoms with van der Waals surface area (Å²) in [5.74, 6) is 0.762. The first kappa shape index (κ1) is 10.4. The Kier molecular flexibility index (Phi) is 3.21. The maximum Gasteiger partial charge on any atom is 0.213 e. The quantitative estimate of drug-likeness (QED) is 0.755. The molecule has 0 N–H and O–H groups in total. The molecule has 2 heterocycles. The number of nitrogens with zero attached hydrogens (tertiary/aromatic N) is 2. The number of rotatable bonds is 3. The van der Waals surface area contributed by atoms with E-state index < -0.39 is 0 Å². The Labute approximate surface area is 91.1 Å². The second-order valence-electron chi connectivity index (χ2n) is 4.04. The van der Waals surface area contributed by atoms with Gasteiger partial charge in [0.15, 0.2) is 0 Å². The molecule has 1 aromatic rings. The fourth-order valence-electron chi connectivity index (χ4n) is 1.93. The third kappa shape index (κ3) is 2.69. The number of pyridine rings is 1. The van der Waals surface area contributed by atoms with Crippen LogP contribution in [0, 0.1) is 6.92 Å². The zero-order valence-corrected chi connectivity index (χ0v) is 9.44. The number of hydrogen-bond acceptors (Lipinski definition) is 3. The molecule has 1 aliphatic heterocycles. The summed E-state index contributed by atoms with van der Waals surface area (Å²) in [6.07, 6.45) is 1.43. The summed E-state index contributed by atoms with van der Waals surface area (Å²) in [5, 5.41) is 0. The number of aromatic nitrogens is 1. The molecular formula is C12H18N2O. The van der Waals surface area contributed by atoms with Crippen LogP contribution >= 0.6 is 0 Å². The Morgan fingerprint density at radius 2 is 2.40 bits per heavy atom. The molecule has 1 fully saturated rings. The van der Waals surface area contributed by atoms with E-state index in [1.807, 2.05) is 25.1 Å². The first-order chi connectivity index (χ1) is 7.28. The van der Waals surface area contributed by atoms with Crippen LogP contribution in [0.25, 0.3) is 0 Å². The Hall–Kier alpha value is -1.09. The van der Waals surface area contributed by atoms with Gasteiger partial charge in [-0.3, -0.25) is 4.90 Å². The molecule has 0 aliphatic carbocycles. The van der Waals surface area contributed by atoms with Gasteiger partial charge >= 0.3 is 0 Å². The van der Waals surface area contributed by atoms with Crippen molar-refractivity contribution in [3.63, 3.8) is 0 Å². The van der Waals surface area contributed by atoms with Crippen molar-refractivity contribution in [1.82, 2.24) is 9.88 Å². The van der Waals surface area contributed by atoms with Gasteiger partial charge in [-0.25, -0.2) is 4.98 Å². The van der Waals surface area contributed by atoms with Gasteiger partial charge in [-0.2, -0.15) is 0 Å². The van der Waals surface area contributed by atoms with E-state index in [0.29, 0.717) is 6.10 Å². The predicted octanol–water partition coefficient (Wildman–Crippen LogP) is 1.86. The first-order valence-corrected chi connectivity index (χ1v) is 5.60. The monoisotopic (exact) mass is 206 g/mol. The minimum atomic E-state index is 0.319. The van der Waals surface area contributed by atoms with Gasteiger partial charge < -0.3 is 4.74 Å². The molecule has 0 radical (unpaired) electrons. The summed E-state index contributed by atoms with van der Waals surface area (Å²) in [5.41, 5.74) is 1.01. The molecule has 0 saturated carbocycles. The largest absolute Gasteiger partial charge is 0.473 e. The highest BCUT2D eigenvalue weighted by Gasteiger charge is 2.22. The Balaban J connectivity index is 1.92. The molecular weight excluding hydrogens is 188 g/mol. The summed E-state index contributed by atoms with van der Waals surface area (Å²) in [6, 6.07) is 5.91. The van der Waals surface area contributed by atoms with Crippen LogP contribution in [0.3, 0.4) is 0 Å². The summed E-state index contributed by atoms with van der Waals surface area (Å²) in [4.78, 5) is 6.75. The number of likely N-dealkylation sites (tertiary alicyclic amines) is 1. The molecule has 0 bridgehead atoms. The van der Waals surface area contributed by atoms with E-state index in [1.54, 1.807) is 0 Å². The minimum Gasteiger partial charge on any atom is -0.473 e. The van der Waals surface area contributed by atoms with Crippen LogP contribution in [-0.4, -0.2) is 35.6 Å². The van der Waals surface area contributed by atoms with Crippen LogP contribution in [0.4, 0.5) is 0 Å². The molecule has 1 aliphatic rings. The topological polar surface area (TPSA) is 25.4 Å². The van der Waals surface area contributed by atoms with Crippen LogP contribution in [0.2, 0.25) is 0 Å². The highest BCUT2D eigenvalue weighted by Crippen LogP contribution is 2.16. The summed E-state index contributed by atoms with van der Waals surface area (Å²) in [7, 11) is 0. The van der Waals surface area contributed by atoms with Crippen LogP contribution in [-0.2, 0) is 0 Å². The summed E-state index contributed by atoms with van der Waals surface area (Å²) in [6.45, 7) is 7.47. The lowest BCUT2D eigenvalue weighted by Gasteiger charge is -2.14. The third-order valence-electron chi connectivity index (χ3n) is 2.83. The number of likely N-dealkylation sites (N-methyl/N-ethyl adjacent to an activating group) is 1. The van der Waals surface area contributed by atoms with Gasteiger partial charge in [-0.15, -0.1) is 0 Å². The van der Waals surface area contributed by atoms with Crippen molar-refractivity contribution in [3.8, 4) is 5.88 Å². The second kappa shape index (κ2) is 4.62. The van der Waals surface area contributed by atoms with E-state index in [4.69, 9.17) is 4.74 Å². The van der Waals surface area contributed by atoms with Crippen molar-refractivity contribution < 1.29 is 4.74 Å². The molecule has 2 rings (SSSR count). The molecule has 1 atom stereocenters. The van der Waals surface area contributed by atoms with E-state index in [0.717, 1.165) is 37.6 Å². The van der Waals surface area contributed by atoms with Crippen LogP contribution < -0.4 is 4.74 Å². The molecule has 82 valence electrons. The molecule has 3 heteroatoms. The van der Waals surface area contributed by atoms with Gasteiger partial charge in [0.05, 0.1) is 0 Å². The van der Waals surface area contributed by atoms with Gasteiger partial charge in [-0.05, 0) is 26.0 Å². The smallest absolute Gasteiger partial charge is 0.213 e. The highest BCUT2D eigenvalue weighted by molar-refractivity contribution is 5.15. The van der Waals surface area contributed by atoms with E-state index in [1.165, 1.54) is 0 Å². The second-order valence-corrected chi connectivity index (χ2v) is 4.04. The van der Waals surface area contributed by atoms with Crippen molar-refractivity contribution in [3.05, 3.63) is 23.9 Å². The predicted molar refractivity (Wildman–Crippen MR) is 60.1 cm³/mol. The van der Waals surface area contributed by atoms with Crippen molar-refractivity contribution in [2.24, 2.45) is 0 Å². The van der Waals surface area contributed by atoms with E-state index >= 15 is 0 Å². The number of aryl methyl sites for hydroxylation is 1. The average molecular weight is 206 g/mol. The fourth-order valence-corrected chi connectivity index (χ4v) is 1.93. The zero-order valence-electron chi connectivity index (χ0n) is 9.44. The van der Waals surface area contributed by atoms with Gasteiger partial charge in [0, 0.05) is 24.8 Å². The fraction of sp³-hybridized carbons (Fsp3) is 0.583. The zero-order chi connectivity index (χ0) is 10.7. The molecule has 15 heavy (non-hydrogen) atoms. The van der Waals surface area contributed by atoms with Crippen LogP contribution in [0.15, 0.2) is 18.2 Å². The highest BCUT2D eigenvalue weighted by atomic mass is 16.5. The number of ether oxygens (including phenoxy) is 1. The van der Waals surface area contributed by atoms with Gasteiger partial charge in [0.25, 0.3) is 0 Å². The normalized spacial score (nSPS) is 21.9. The molecule has 1 aromatic heterocycles. The van der Waals surface area contributed by atoms with Crippen LogP contribution in [0.1, 0.15) is 19.0 Å². The average Bonchev–Trinajstić information content (AvgIpc) is 2.65. The summed E-state index contributed by atoms with van der Waals surface area (Å²) < 4.78 is 5.84. The van der Waals surface area contributed by atoms with Gasteiger partial charge in [-0.1, -0.05) is 13.0 Å². The van der Waals surface area contributed by atoms with Crippen molar-refractivity contribution >= 4 is 0 Å². The maximum atomic E-state index is 5.84. The maximum absolute atomic E-state index is 5.84. The Morgan fingerprint density at radius 1 is 1.53 bits per heavy atom. The molecule has 1 saturated heterocycles. The molecule has 0 amide bonds. The lowest BCUT2D eigenvalue weighted by Crippen LogP contribution is -2.24. The molecule has 0 spiro atoms. The van der Waals surface area contributed by atoms with E-state index in [2.05, 4.69) is 16.8 Å². The molecule has 1 unspecified atom stereocenters. The van der Waals surface area contributed by atoms with Crippen LogP contribution in [0.5, 0.6) is 5.88 Å². The lowest BCUT2D eigenvalue weighted by molar-refractivity contribution is 0.194. The molecule has 0 aromatic carbocycles. The van der Waals surface area contributed by atoms with Gasteiger partial charge in [0.2, 0.25) is 5.88 Å². The first-order valence-electron chi connectivity index (χ1n) is 5.60. The summed E-state index contributed by atoms with van der Waals surface area (Å²) >= 11 is 0. The Bertz CT molecular complexity index is 327. The van der Waals surface area contributed by atoms with Crippen molar-refractivity contribution in [1.29, 1.82) is 0 Å². The number of hydrogen-bond donors (Lipinski definition) is 0. The third-order valence-corrected chi connectivity index (χ3v) is 2.83. The lowest BCUT2D eigenvalue weighted by atomic mass is 10.3. The van der Waals surface area contributed by atoms with Crippen molar-refractivity contribution in [2.75, 3.05) is 19.6 Å². The van der Waals surface area contributed by atoms with E-state index in [-0.39, 0.29) is 0 Å². The minimum absolute atomic E-state index is 0.319. The van der Waals surface area contributed by atoms with Crippen molar-refractivity contribution in [2.45, 2.75) is 26.4 Å². The molecule has 3 nitrogen and oxygen atoms in total. The standard InChI is InChI=1S/C12H18N2O/c1-3-14-8-7-11(9-14)15-12-6-4-5-10(2)13-12/h4-6,11H,3,7-9H2,1-2H3. The SMILES string of the molecule is CCN1CCC(Oc2cccc(C)n2)C1. The van der Waals surface area contributed by atoms with Gasteiger partial charge in [0.1, 0.15) is 6.10 Å². The Morgan fingerprint density at radius 3 is 3.07 bits per heavy atom.